The molecule has 0 atom stereocenters. The minimum absolute atomic E-state index is 0.0400. The van der Waals surface area contributed by atoms with Crippen molar-refractivity contribution >= 4 is 37.2 Å². The molecule has 0 aliphatic carbocycles. The topological polar surface area (TPSA) is 76.6 Å². The molecule has 2 aliphatic heterocycles. The fraction of sp³-hybridized carbons (Fsp3) is 0.500. The quantitative estimate of drug-likeness (QED) is 0.756. The van der Waals surface area contributed by atoms with Gasteiger partial charge in [0.05, 0.1) is 18.2 Å². The lowest BCUT2D eigenvalue weighted by Crippen LogP contribution is -2.45. The first-order valence-corrected chi connectivity index (χ1v) is 8.98. The lowest BCUT2D eigenvalue weighted by atomic mass is 9.85. The van der Waals surface area contributed by atoms with Gasteiger partial charge in [-0.2, -0.15) is 0 Å². The molecule has 0 unspecified atom stereocenters. The van der Waals surface area contributed by atoms with Crippen molar-refractivity contribution in [1.29, 1.82) is 0 Å². The van der Waals surface area contributed by atoms with Crippen molar-refractivity contribution in [2.45, 2.75) is 11.4 Å². The predicted molar refractivity (Wildman–Crippen MR) is 76.1 cm³/mol. The van der Waals surface area contributed by atoms with Crippen LogP contribution in [0.4, 0.5) is 0 Å². The molecule has 0 radical (unpaired) electrons. The Balaban J connectivity index is 1.88. The van der Waals surface area contributed by atoms with Gasteiger partial charge < -0.3 is 9.64 Å². The maximum absolute atomic E-state index is 12.5. The number of hydrogen-bond donors (Lipinski definition) is 0. The molecule has 0 bridgehead atoms. The molecular formula is C12H12Cl2N2O4S. The van der Waals surface area contributed by atoms with Crippen molar-refractivity contribution < 1.29 is 17.9 Å². The monoisotopic (exact) mass is 350 g/mol. The Morgan fingerprint density at radius 3 is 2.62 bits per heavy atom. The lowest BCUT2D eigenvalue weighted by molar-refractivity contribution is -0.103. The number of amides is 1. The Hall–Kier alpha value is -0.890. The summed E-state index contributed by atoms with van der Waals surface area (Å²) in [7, 11) is 1.25. The van der Waals surface area contributed by atoms with E-state index in [9.17, 15) is 13.2 Å². The molecule has 1 aromatic heterocycles. The molecular weight excluding hydrogens is 339 g/mol. The summed E-state index contributed by atoms with van der Waals surface area (Å²) in [6, 6.07) is 2.49. The maximum Gasteiger partial charge on any atom is 0.278 e. The van der Waals surface area contributed by atoms with E-state index in [4.69, 9.17) is 27.0 Å². The summed E-state index contributed by atoms with van der Waals surface area (Å²) in [6.07, 6.45) is 0.865. The standard InChI is InChI=1S/C12H12Cl2N2O4S/c13-8-1-2-9(21(14,18)19)15-10(8)11(17)16-4-3-12(5-16)6-20-7-12/h1-2H,3-7H2. The van der Waals surface area contributed by atoms with Gasteiger partial charge in [-0.1, -0.05) is 11.6 Å². The summed E-state index contributed by atoms with van der Waals surface area (Å²) in [5, 5.41) is -0.271. The van der Waals surface area contributed by atoms with Gasteiger partial charge in [0.15, 0.2) is 5.03 Å². The van der Waals surface area contributed by atoms with E-state index in [1.54, 1.807) is 4.90 Å². The van der Waals surface area contributed by atoms with Gasteiger partial charge >= 0.3 is 0 Å². The Morgan fingerprint density at radius 2 is 2.10 bits per heavy atom. The molecule has 3 heterocycles. The zero-order chi connectivity index (χ0) is 15.3. The van der Waals surface area contributed by atoms with E-state index in [1.807, 2.05) is 0 Å². The fourth-order valence-corrected chi connectivity index (χ4v) is 3.47. The van der Waals surface area contributed by atoms with E-state index in [2.05, 4.69) is 4.98 Å². The number of likely N-dealkylation sites (tertiary alicyclic amines) is 1. The third-order valence-electron chi connectivity index (χ3n) is 3.81. The Kier molecular flexibility index (Phi) is 3.64. The molecule has 1 aromatic rings. The number of aromatic nitrogens is 1. The minimum atomic E-state index is -4.00. The van der Waals surface area contributed by atoms with E-state index in [0.29, 0.717) is 26.3 Å². The van der Waals surface area contributed by atoms with E-state index in [0.717, 1.165) is 6.42 Å². The van der Waals surface area contributed by atoms with Crippen LogP contribution in [0.5, 0.6) is 0 Å². The molecule has 2 saturated heterocycles. The number of ether oxygens (including phenoxy) is 1. The fourth-order valence-electron chi connectivity index (χ4n) is 2.59. The van der Waals surface area contributed by atoms with E-state index < -0.39 is 9.05 Å². The van der Waals surface area contributed by atoms with Crippen molar-refractivity contribution in [3.8, 4) is 0 Å². The number of rotatable bonds is 2. The molecule has 2 fully saturated rings. The lowest BCUT2D eigenvalue weighted by Gasteiger charge is -2.37. The number of halogens is 2. The number of hydrogen-bond acceptors (Lipinski definition) is 5. The van der Waals surface area contributed by atoms with Crippen LogP contribution in [0.1, 0.15) is 16.9 Å². The van der Waals surface area contributed by atoms with Crippen LogP contribution in [0.3, 0.4) is 0 Å². The smallest absolute Gasteiger partial charge is 0.278 e. The van der Waals surface area contributed by atoms with Crippen LogP contribution in [-0.2, 0) is 13.8 Å². The van der Waals surface area contributed by atoms with Crippen LogP contribution in [-0.4, -0.2) is 50.5 Å². The van der Waals surface area contributed by atoms with Crippen LogP contribution in [0, 0.1) is 5.41 Å². The number of carbonyl (C=O) groups excluding carboxylic acids is 1. The van der Waals surface area contributed by atoms with Gasteiger partial charge in [-0.3, -0.25) is 4.79 Å². The zero-order valence-electron chi connectivity index (χ0n) is 10.9. The third-order valence-corrected chi connectivity index (χ3v) is 5.32. The minimum Gasteiger partial charge on any atom is -0.380 e. The summed E-state index contributed by atoms with van der Waals surface area (Å²) in [5.41, 5.74) is -0.0473. The van der Waals surface area contributed by atoms with Gasteiger partial charge in [0.1, 0.15) is 5.69 Å². The summed E-state index contributed by atoms with van der Waals surface area (Å²) < 4.78 is 27.8. The largest absolute Gasteiger partial charge is 0.380 e. The zero-order valence-corrected chi connectivity index (χ0v) is 13.2. The summed E-state index contributed by atoms with van der Waals surface area (Å²) >= 11 is 5.97. The average Bonchev–Trinajstić information content (AvgIpc) is 2.82. The summed E-state index contributed by atoms with van der Waals surface area (Å²) in [6.45, 7) is 2.45. The normalized spacial score (nSPS) is 20.6. The second-order valence-corrected chi connectivity index (χ2v) is 8.31. The molecule has 114 valence electrons. The molecule has 2 aliphatic rings. The first-order valence-electron chi connectivity index (χ1n) is 6.29. The number of nitrogens with zero attached hydrogens (tertiary/aromatic N) is 2. The van der Waals surface area contributed by atoms with E-state index in [1.165, 1.54) is 12.1 Å². The summed E-state index contributed by atoms with van der Waals surface area (Å²) in [5.74, 6) is -0.383. The van der Waals surface area contributed by atoms with Crippen molar-refractivity contribution in [2.24, 2.45) is 5.41 Å². The second kappa shape index (κ2) is 5.08. The highest BCUT2D eigenvalue weighted by atomic mass is 35.7. The average molecular weight is 351 g/mol. The van der Waals surface area contributed by atoms with Gasteiger partial charge in [0.2, 0.25) is 0 Å². The van der Waals surface area contributed by atoms with Crippen LogP contribution in [0.2, 0.25) is 5.02 Å². The molecule has 0 N–H and O–H groups in total. The second-order valence-electron chi connectivity index (χ2n) is 5.39. The molecule has 6 nitrogen and oxygen atoms in total. The molecule has 1 amide bonds. The number of carbonyl (C=O) groups is 1. The van der Waals surface area contributed by atoms with Gasteiger partial charge in [0.25, 0.3) is 15.0 Å². The van der Waals surface area contributed by atoms with Crippen molar-refractivity contribution in [1.82, 2.24) is 9.88 Å². The van der Waals surface area contributed by atoms with Crippen LogP contribution in [0.25, 0.3) is 0 Å². The Labute approximate surface area is 131 Å². The van der Waals surface area contributed by atoms with Gasteiger partial charge in [0, 0.05) is 29.2 Å². The van der Waals surface area contributed by atoms with Crippen LogP contribution < -0.4 is 0 Å². The predicted octanol–water partition coefficient (Wildman–Crippen LogP) is 1.52. The SMILES string of the molecule is O=C(c1nc(S(=O)(=O)Cl)ccc1Cl)N1CCC2(COC2)C1. The Bertz CT molecular complexity index is 703. The molecule has 0 aromatic carbocycles. The molecule has 0 saturated carbocycles. The first kappa shape index (κ1) is 15.0. The first-order chi connectivity index (χ1) is 9.81. The highest BCUT2D eigenvalue weighted by Gasteiger charge is 2.46. The third kappa shape index (κ3) is 2.75. The van der Waals surface area contributed by atoms with Crippen molar-refractivity contribution in [2.75, 3.05) is 26.3 Å². The van der Waals surface area contributed by atoms with Crippen molar-refractivity contribution in [3.63, 3.8) is 0 Å². The van der Waals surface area contributed by atoms with Gasteiger partial charge in [-0.05, 0) is 18.6 Å². The van der Waals surface area contributed by atoms with Crippen molar-refractivity contribution in [3.05, 3.63) is 22.8 Å². The van der Waals surface area contributed by atoms with Crippen LogP contribution in [0.15, 0.2) is 17.2 Å². The maximum atomic E-state index is 12.5. The molecule has 1 spiro atoms. The Morgan fingerprint density at radius 1 is 1.38 bits per heavy atom. The molecule has 3 rings (SSSR count). The highest BCUT2D eigenvalue weighted by Crippen LogP contribution is 2.38. The molecule has 9 heteroatoms. The highest BCUT2D eigenvalue weighted by molar-refractivity contribution is 8.13. The van der Waals surface area contributed by atoms with Gasteiger partial charge in [-0.25, -0.2) is 13.4 Å². The number of pyridine rings is 1. The summed E-state index contributed by atoms with van der Waals surface area (Å²) in [4.78, 5) is 17.9. The van der Waals surface area contributed by atoms with E-state index >= 15 is 0 Å². The van der Waals surface area contributed by atoms with Gasteiger partial charge in [-0.15, -0.1) is 0 Å². The molecule has 21 heavy (non-hydrogen) atoms. The van der Waals surface area contributed by atoms with E-state index in [-0.39, 0.29) is 27.1 Å². The van der Waals surface area contributed by atoms with Crippen LogP contribution >= 0.6 is 22.3 Å².